The van der Waals surface area contributed by atoms with Gasteiger partial charge in [0.25, 0.3) is 5.91 Å². The fraction of sp³-hybridized carbons (Fsp3) is 0.576. The molecule has 0 bridgehead atoms. The molecule has 7 amide bonds. The van der Waals surface area contributed by atoms with E-state index < -0.39 is 205 Å². The summed E-state index contributed by atoms with van der Waals surface area (Å²) in [6.07, 6.45) is -6.42. The van der Waals surface area contributed by atoms with Gasteiger partial charge >= 0.3 is 63.0 Å². The zero-order chi connectivity index (χ0) is 77.1. The molecule has 7 atom stereocenters. The molecule has 576 valence electrons. The molecule has 0 aliphatic carbocycles. The first-order valence-corrected chi connectivity index (χ1v) is 35.3. The molecule has 2 aromatic rings. The zero-order valence-corrected chi connectivity index (χ0v) is 57.3. The molecular formula is C59H90N12O30P2. The van der Waals surface area contributed by atoms with Crippen LogP contribution in [0.1, 0.15) is 68.9 Å². The van der Waals surface area contributed by atoms with Gasteiger partial charge in [-0.1, -0.05) is 42.5 Å². The maximum atomic E-state index is 13.4. The van der Waals surface area contributed by atoms with Gasteiger partial charge in [0.05, 0.1) is 32.2 Å². The van der Waals surface area contributed by atoms with Gasteiger partial charge in [0.15, 0.2) is 12.9 Å². The summed E-state index contributed by atoms with van der Waals surface area (Å²) in [4.78, 5) is 204. The van der Waals surface area contributed by atoms with Gasteiger partial charge in [-0.05, 0) is 68.2 Å². The minimum atomic E-state index is -5.55. The molecule has 1 saturated heterocycles. The average Bonchev–Trinajstić information content (AvgIpc) is 0.831. The van der Waals surface area contributed by atoms with E-state index in [0.717, 1.165) is 0 Å². The fourth-order valence-corrected chi connectivity index (χ4v) is 12.6. The molecule has 0 spiro atoms. The molecule has 0 aromatic heterocycles. The Balaban J connectivity index is 1.57. The van der Waals surface area contributed by atoms with Crippen molar-refractivity contribution in [3.8, 4) is 5.75 Å². The lowest BCUT2D eigenvalue weighted by atomic mass is 10.0. The van der Waals surface area contributed by atoms with Crippen molar-refractivity contribution in [2.24, 2.45) is 0 Å². The maximum Gasteiger partial charge on any atom is 0.360 e. The smallest absolute Gasteiger partial charge is 0.360 e. The van der Waals surface area contributed by atoms with E-state index in [0.29, 0.717) is 11.1 Å². The van der Waals surface area contributed by atoms with Crippen LogP contribution in [0.4, 0.5) is 4.79 Å². The Morgan fingerprint density at radius 1 is 0.466 bits per heavy atom. The zero-order valence-electron chi connectivity index (χ0n) is 55.5. The van der Waals surface area contributed by atoms with Crippen LogP contribution >= 0.6 is 15.2 Å². The lowest BCUT2D eigenvalue weighted by molar-refractivity contribution is -0.145. The number of amides is 7. The number of hydrogen-bond donors (Lipinski definition) is 22. The van der Waals surface area contributed by atoms with Crippen LogP contribution in [0.15, 0.2) is 54.6 Å². The van der Waals surface area contributed by atoms with Crippen molar-refractivity contribution in [3.05, 3.63) is 65.7 Å². The summed E-state index contributed by atoms with van der Waals surface area (Å²) in [7, 11) is -11.1. The topological polar surface area (TPSA) is 658 Å². The van der Waals surface area contributed by atoms with Crippen LogP contribution in [0.25, 0.3) is 0 Å². The summed E-state index contributed by atoms with van der Waals surface area (Å²) in [6.45, 7) is -4.67. The number of carbonyl (C=O) groups excluding carboxylic acids is 6. The second-order valence-electron chi connectivity index (χ2n) is 23.7. The summed E-state index contributed by atoms with van der Waals surface area (Å²) in [5.41, 5.74) is -1.84. The number of hydrogen-bond acceptors (Lipinski definition) is 24. The van der Waals surface area contributed by atoms with Gasteiger partial charge in [-0.2, -0.15) is 0 Å². The third-order valence-electron chi connectivity index (χ3n) is 15.7. The lowest BCUT2D eigenvalue weighted by Gasteiger charge is -2.38. The SMILES string of the molecule is O=C(O)CC[C@H](NC(=O)N[C@@H](CCCCNC(=O)[C@H](Cc1ccccc1)NC(=O)COc1ccc(C[C@H](NC(=O)CNC(=O)CCC(C(=O)O)N2CCN(CC(=O)O)CCN(C(CCC(O)NCC(=O)NC(P(=O)(O)O)P(=O)(O)O)C(O)O)CCN(CC(=O)O)CC2)C(=O)O)cc1)C(=O)O)C(=O)O. The van der Waals surface area contributed by atoms with Crippen molar-refractivity contribution in [3.63, 3.8) is 0 Å². The second-order valence-corrected chi connectivity index (χ2v) is 27.5. The highest BCUT2D eigenvalue weighted by Crippen LogP contribution is 2.58. The van der Waals surface area contributed by atoms with Gasteiger partial charge in [-0.3, -0.25) is 77.2 Å². The van der Waals surface area contributed by atoms with Crippen LogP contribution < -0.4 is 47.3 Å². The second kappa shape index (κ2) is 44.6. The molecule has 44 heteroatoms. The quantitative estimate of drug-likeness (QED) is 0.0167. The van der Waals surface area contributed by atoms with Crippen LogP contribution in [-0.2, 0) is 79.5 Å². The van der Waals surface area contributed by atoms with Gasteiger partial charge in [-0.15, -0.1) is 0 Å². The molecule has 3 unspecified atom stereocenters. The molecule has 42 nitrogen and oxygen atoms in total. The number of urea groups is 1. The van der Waals surface area contributed by atoms with E-state index in [1.807, 2.05) is 5.32 Å². The Morgan fingerprint density at radius 3 is 1.48 bits per heavy atom. The van der Waals surface area contributed by atoms with Gasteiger partial charge in [0.2, 0.25) is 29.2 Å². The van der Waals surface area contributed by atoms with Crippen molar-refractivity contribution in [1.82, 2.24) is 62.1 Å². The van der Waals surface area contributed by atoms with Gasteiger partial charge in [-0.25, -0.2) is 19.2 Å². The molecule has 22 N–H and O–H groups in total. The molecule has 0 radical (unpaired) electrons. The number of nitrogens with one attached hydrogen (secondary N) is 8. The minimum absolute atomic E-state index is 0.00440. The number of carboxylic acids is 7. The number of rotatable bonds is 45. The van der Waals surface area contributed by atoms with Gasteiger partial charge in [0, 0.05) is 84.6 Å². The maximum absolute atomic E-state index is 13.4. The largest absolute Gasteiger partial charge is 0.484 e. The van der Waals surface area contributed by atoms with E-state index in [4.69, 9.17) is 9.84 Å². The van der Waals surface area contributed by atoms with Crippen LogP contribution in [0.3, 0.4) is 0 Å². The summed E-state index contributed by atoms with van der Waals surface area (Å²) in [6, 6.07) is 4.70. The first-order chi connectivity index (χ1) is 48.3. The Kier molecular flexibility index (Phi) is 38.3. The molecule has 103 heavy (non-hydrogen) atoms. The molecule has 1 aliphatic heterocycles. The van der Waals surface area contributed by atoms with E-state index in [-0.39, 0.29) is 110 Å². The van der Waals surface area contributed by atoms with E-state index in [1.54, 1.807) is 30.3 Å². The highest BCUT2D eigenvalue weighted by molar-refractivity contribution is 7.70. The van der Waals surface area contributed by atoms with Gasteiger partial charge in [0.1, 0.15) is 42.2 Å². The molecule has 2 aromatic carbocycles. The van der Waals surface area contributed by atoms with Crippen LogP contribution in [0.2, 0.25) is 0 Å². The predicted octanol–water partition coefficient (Wildman–Crippen LogP) is -5.88. The summed E-state index contributed by atoms with van der Waals surface area (Å²) >= 11 is 0. The number of ether oxygens (including phenoxy) is 1. The van der Waals surface area contributed by atoms with Crippen molar-refractivity contribution in [2.45, 2.75) is 125 Å². The lowest BCUT2D eigenvalue weighted by Crippen LogP contribution is -2.54. The monoisotopic (exact) mass is 1510 g/mol. The Bertz CT molecular complexity index is 3220. The summed E-state index contributed by atoms with van der Waals surface area (Å²) < 4.78 is 28.7. The van der Waals surface area contributed by atoms with Crippen LogP contribution in [0, 0.1) is 0 Å². The highest BCUT2D eigenvalue weighted by atomic mass is 31.2. The van der Waals surface area contributed by atoms with Crippen molar-refractivity contribution < 1.29 is 147 Å². The number of aliphatic hydroxyl groups excluding tert-OH is 2. The number of unbranched alkanes of at least 4 members (excludes halogenated alkanes) is 1. The fourth-order valence-electron chi connectivity index (χ4n) is 10.4. The van der Waals surface area contributed by atoms with E-state index in [9.17, 15) is 137 Å². The molecule has 0 saturated carbocycles. The highest BCUT2D eigenvalue weighted by Gasteiger charge is 2.45. The Hall–Kier alpha value is -8.87. The number of nitrogens with zero attached hydrogens (tertiary/aromatic N) is 4. The summed E-state index contributed by atoms with van der Waals surface area (Å²) in [5.74, 6) is -14.1. The average molecular weight is 1510 g/mol. The van der Waals surface area contributed by atoms with Crippen molar-refractivity contribution in [2.75, 3.05) is 91.7 Å². The number of carboxylic acid groups (broad SMARTS) is 7. The first-order valence-electron chi connectivity index (χ1n) is 31.9. The van der Waals surface area contributed by atoms with Crippen molar-refractivity contribution >= 4 is 92.5 Å². The Morgan fingerprint density at radius 2 is 0.971 bits per heavy atom. The normalized spacial score (nSPS) is 15.9. The number of benzene rings is 2. The molecular weight excluding hydrogens is 1420 g/mol. The van der Waals surface area contributed by atoms with Crippen LogP contribution in [-0.4, -0.2) is 314 Å². The number of aliphatic hydroxyl groups is 3. The number of carbonyl (C=O) groups is 13. The minimum Gasteiger partial charge on any atom is -0.484 e. The standard InChI is InChI=1S/C59H90N12O30P2/c72-44(16-14-42(56(90)91)70-24-20-68(32-50(79)80)22-26-71(27-23-69(21-25-70)33-51(81)82)43(57(92)93)15-17-45(73)62-31-47(75)67-59(102(95,96)97)103(98,99)100)61-30-46(74)64-41(55(88)89)29-36-9-11-37(12-10-36)101-34-48(76)63-40(28-35-6-2-1-3-7-35)52(83)60-19-5-4-8-38(53(84)85)65-58(94)66-39(54(86)87)13-18-49(77)78/h1-3,6-7,9-12,38-43,45,57,59,62,73,92-93H,4-5,8,13-34H2,(H,60,83)(H,61,72)(H,63,76)(H,64,74)(H,67,75)(H,77,78)(H,79,80)(H,81,82)(H,84,85)(H,86,87)(H,88,89)(H,90,91)(H2,65,66,94)(H2,95,96,97)(H2,98,99,100)/t38-,39-,40-,41-,42?,43?,45?/m0/s1. The summed E-state index contributed by atoms with van der Waals surface area (Å²) in [5, 5.41) is 117. The van der Waals surface area contributed by atoms with E-state index in [1.165, 1.54) is 49.2 Å². The van der Waals surface area contributed by atoms with Crippen LogP contribution in [0.5, 0.6) is 5.75 Å². The Labute approximate surface area is 587 Å². The molecule has 1 aliphatic rings. The van der Waals surface area contributed by atoms with E-state index >= 15 is 0 Å². The molecule has 1 fully saturated rings. The molecule has 1 heterocycles. The predicted molar refractivity (Wildman–Crippen MR) is 352 cm³/mol. The third kappa shape index (κ3) is 35.7. The van der Waals surface area contributed by atoms with Gasteiger partial charge < -0.3 is 113 Å². The van der Waals surface area contributed by atoms with E-state index in [2.05, 4.69) is 31.9 Å². The molecule has 3 rings (SSSR count). The number of aliphatic carboxylic acids is 7. The first kappa shape index (κ1) is 88.3. The van der Waals surface area contributed by atoms with Crippen molar-refractivity contribution in [1.29, 1.82) is 0 Å². The third-order valence-corrected chi connectivity index (χ3v) is 19.0.